The molecule has 18 heteroatoms. The van der Waals surface area contributed by atoms with Gasteiger partial charge in [-0.05, 0) is 59.0 Å². The number of aryl methyl sites for hydroxylation is 2. The lowest BCUT2D eigenvalue weighted by Gasteiger charge is -2.39. The minimum Gasteiger partial charge on any atom is -0.449 e. The normalized spacial score (nSPS) is 22.3. The quantitative estimate of drug-likeness (QED) is 0.0701. The minimum atomic E-state index is -1.04. The molecule has 3 aliphatic heterocycles. The number of nitrogens with one attached hydrogen (secondary N) is 5. The van der Waals surface area contributed by atoms with Crippen molar-refractivity contribution in [3.63, 3.8) is 0 Å². The van der Waals surface area contributed by atoms with Gasteiger partial charge in [0.05, 0.1) is 34.7 Å². The summed E-state index contributed by atoms with van der Waals surface area (Å²) in [7, 11) is 8.91. The van der Waals surface area contributed by atoms with Crippen LogP contribution < -0.4 is 32.3 Å². The number of Topliss-reactive ketones (excluding diaryl/α,β-unsaturated/α-hetero) is 2. The molecule has 5 heterocycles. The third kappa shape index (κ3) is 7.81. The van der Waals surface area contributed by atoms with Gasteiger partial charge in [0.1, 0.15) is 18.0 Å². The molecule has 0 unspecified atom stereocenters. The second-order valence-electron chi connectivity index (χ2n) is 15.0. The van der Waals surface area contributed by atoms with Gasteiger partial charge in [-0.15, -0.1) is 0 Å². The number of rotatable bonds is 18. The van der Waals surface area contributed by atoms with E-state index < -0.39 is 23.6 Å². The molecule has 2 saturated heterocycles. The number of amides is 4. The number of aromatic nitrogens is 2. The van der Waals surface area contributed by atoms with E-state index in [1.165, 1.54) is 7.11 Å². The third-order valence-electron chi connectivity index (χ3n) is 10.9. The van der Waals surface area contributed by atoms with Crippen LogP contribution in [0, 0.1) is 5.92 Å². The van der Waals surface area contributed by atoms with Crippen molar-refractivity contribution in [3.05, 3.63) is 58.5 Å². The molecule has 0 bridgehead atoms. The number of nitrogens with two attached hydrogens (primary N) is 1. The number of fused-ring (bicyclic) bond motifs is 4. The summed E-state index contributed by atoms with van der Waals surface area (Å²) in [6, 6.07) is 3.18. The maximum Gasteiger partial charge on any atom is 0.404 e. The monoisotopic (exact) mass is 776 g/mol. The number of nitrogens with zero attached hydrogens (tertiary/aromatic N) is 4. The topological polar surface area (TPSA) is 233 Å². The summed E-state index contributed by atoms with van der Waals surface area (Å²) in [5.41, 5.74) is 6.99. The molecule has 56 heavy (non-hydrogen) atoms. The Balaban J connectivity index is 0.955. The van der Waals surface area contributed by atoms with Gasteiger partial charge in [-0.1, -0.05) is 6.42 Å². The Morgan fingerprint density at radius 2 is 1.62 bits per heavy atom. The van der Waals surface area contributed by atoms with E-state index in [9.17, 15) is 28.8 Å². The molecule has 2 aromatic heterocycles. The molecule has 6 rings (SSSR count). The molecule has 302 valence electrons. The van der Waals surface area contributed by atoms with Crippen molar-refractivity contribution in [2.45, 2.75) is 56.8 Å². The standard InChI is InChI=1S/C38H52N10O8/c1-21-30(33(51)29-24(20-56-37(39)54)38(55-6)34-25(44-34)19-48(38)31(29)32(21)50)40-12-9-7-8-11-28(49)42-22-15-27(47(5)17-22)36(53)43-23-16-26(46(4)18-23)35(52)41-13-10-14-45(2)3/h15-18,24-25,34,40,44H,7-14,19-20H2,1-6H3,(H2,39,54)(H,41,52)(H,42,49)(H,43,53)/t24-,25+,34+,38-/m1/s1. The van der Waals surface area contributed by atoms with Crippen molar-refractivity contribution in [1.29, 1.82) is 0 Å². The number of hydrogen-bond acceptors (Lipinski definition) is 12. The molecule has 0 saturated carbocycles. The first-order chi connectivity index (χ1) is 26.7. The maximum atomic E-state index is 14.0. The largest absolute Gasteiger partial charge is 0.449 e. The number of primary amides is 1. The summed E-state index contributed by atoms with van der Waals surface area (Å²) < 4.78 is 14.5. The second kappa shape index (κ2) is 16.3. The summed E-state index contributed by atoms with van der Waals surface area (Å²) >= 11 is 0. The zero-order valence-corrected chi connectivity index (χ0v) is 32.7. The van der Waals surface area contributed by atoms with Gasteiger partial charge in [0.2, 0.25) is 17.5 Å². The maximum absolute atomic E-state index is 14.0. The number of allylic oxidation sites excluding steroid dienone is 2. The van der Waals surface area contributed by atoms with Gasteiger partial charge in [0.15, 0.2) is 5.72 Å². The molecular weight excluding hydrogens is 724 g/mol. The molecule has 4 amide bonds. The number of anilines is 2. The van der Waals surface area contributed by atoms with Crippen molar-refractivity contribution in [2.75, 3.05) is 64.6 Å². The van der Waals surface area contributed by atoms with Gasteiger partial charge < -0.3 is 60.7 Å². The lowest BCUT2D eigenvalue weighted by molar-refractivity contribution is -0.137. The summed E-state index contributed by atoms with van der Waals surface area (Å²) in [6.07, 6.45) is 5.26. The van der Waals surface area contributed by atoms with Crippen molar-refractivity contribution in [2.24, 2.45) is 25.7 Å². The van der Waals surface area contributed by atoms with Crippen LogP contribution in [-0.2, 0) is 38.0 Å². The molecule has 1 aliphatic carbocycles. The van der Waals surface area contributed by atoms with Crippen LogP contribution in [0.15, 0.2) is 47.1 Å². The Bertz CT molecular complexity index is 2000. The predicted octanol–water partition coefficient (Wildman–Crippen LogP) is 0.790. The van der Waals surface area contributed by atoms with E-state index in [-0.39, 0.29) is 59.8 Å². The molecule has 2 aromatic rings. The minimum absolute atomic E-state index is 0.102. The average Bonchev–Trinajstić information content (AvgIpc) is 3.36. The van der Waals surface area contributed by atoms with E-state index in [1.54, 1.807) is 54.7 Å². The molecule has 18 nitrogen and oxygen atoms in total. The Kier molecular flexibility index (Phi) is 11.7. The fourth-order valence-electron chi connectivity index (χ4n) is 8.13. The zero-order valence-electron chi connectivity index (χ0n) is 32.7. The Morgan fingerprint density at radius 1 is 0.946 bits per heavy atom. The lowest BCUT2D eigenvalue weighted by Crippen LogP contribution is -2.55. The molecule has 4 aliphatic rings. The van der Waals surface area contributed by atoms with E-state index >= 15 is 0 Å². The third-order valence-corrected chi connectivity index (χ3v) is 10.9. The van der Waals surface area contributed by atoms with Gasteiger partial charge in [-0.2, -0.15) is 0 Å². The van der Waals surface area contributed by atoms with E-state index in [2.05, 4.69) is 26.6 Å². The SMILES string of the molecule is CO[C@@]12[C@H](COC(N)=O)C3=C(C(=O)C(C)=C(NCCCCCC(=O)Nc4cc(C(=O)Nc5cc(C(=O)NCCCN(C)C)n(C)c5)n(C)c4)C3=O)N1C[C@@H]1N[C@@H]12. The molecule has 0 spiro atoms. The highest BCUT2D eigenvalue weighted by Crippen LogP contribution is 2.55. The highest BCUT2D eigenvalue weighted by Gasteiger charge is 2.72. The second-order valence-corrected chi connectivity index (χ2v) is 15.0. The Morgan fingerprint density at radius 3 is 2.29 bits per heavy atom. The fraction of sp³-hybridized carbons (Fsp3) is 0.526. The first-order valence-corrected chi connectivity index (χ1v) is 18.8. The van der Waals surface area contributed by atoms with Gasteiger partial charge in [0.25, 0.3) is 11.8 Å². The highest BCUT2D eigenvalue weighted by atomic mass is 16.6. The first kappa shape index (κ1) is 40.2. The summed E-state index contributed by atoms with van der Waals surface area (Å²) in [6.45, 7) is 3.70. The smallest absolute Gasteiger partial charge is 0.404 e. The summed E-state index contributed by atoms with van der Waals surface area (Å²) in [5.74, 6) is -2.16. The number of ketones is 2. The van der Waals surface area contributed by atoms with Crippen LogP contribution in [-0.4, -0.2) is 126 Å². The highest BCUT2D eigenvalue weighted by molar-refractivity contribution is 6.25. The van der Waals surface area contributed by atoms with Crippen molar-refractivity contribution < 1.29 is 38.2 Å². The van der Waals surface area contributed by atoms with Gasteiger partial charge in [-0.25, -0.2) is 4.79 Å². The van der Waals surface area contributed by atoms with E-state index in [0.29, 0.717) is 72.9 Å². The van der Waals surface area contributed by atoms with Crippen LogP contribution in [0.2, 0.25) is 0 Å². The van der Waals surface area contributed by atoms with Crippen LogP contribution in [0.25, 0.3) is 0 Å². The van der Waals surface area contributed by atoms with Gasteiger partial charge in [-0.3, -0.25) is 24.0 Å². The van der Waals surface area contributed by atoms with Crippen molar-refractivity contribution >= 4 is 46.8 Å². The predicted molar refractivity (Wildman–Crippen MR) is 205 cm³/mol. The number of piperazine rings is 1. The van der Waals surface area contributed by atoms with Gasteiger partial charge >= 0.3 is 6.09 Å². The van der Waals surface area contributed by atoms with Crippen molar-refractivity contribution in [3.8, 4) is 0 Å². The van der Waals surface area contributed by atoms with Crippen LogP contribution in [0.4, 0.5) is 16.2 Å². The summed E-state index contributed by atoms with van der Waals surface area (Å²) in [4.78, 5) is 81.7. The van der Waals surface area contributed by atoms with Crippen molar-refractivity contribution in [1.82, 2.24) is 34.9 Å². The molecular formula is C38H52N10O8. The molecule has 0 radical (unpaired) electrons. The van der Waals surface area contributed by atoms with E-state index in [1.807, 2.05) is 23.9 Å². The number of unbranched alkanes of at least 4 members (excludes halogenated alkanes) is 2. The number of methoxy groups -OCH3 is 1. The number of ether oxygens (including phenoxy) is 2. The zero-order chi connectivity index (χ0) is 40.5. The number of hydrogen-bond donors (Lipinski definition) is 6. The molecule has 7 N–H and O–H groups in total. The fourth-order valence-corrected chi connectivity index (χ4v) is 8.13. The molecule has 4 atom stereocenters. The number of carbonyl (C=O) groups is 6. The van der Waals surface area contributed by atoms with E-state index in [0.717, 1.165) is 13.0 Å². The van der Waals surface area contributed by atoms with Crippen LogP contribution in [0.1, 0.15) is 60.0 Å². The lowest BCUT2D eigenvalue weighted by atomic mass is 9.82. The van der Waals surface area contributed by atoms with Crippen LogP contribution >= 0.6 is 0 Å². The van der Waals surface area contributed by atoms with Crippen LogP contribution in [0.3, 0.4) is 0 Å². The average molecular weight is 777 g/mol. The molecule has 0 aromatic carbocycles. The molecule has 2 fully saturated rings. The van der Waals surface area contributed by atoms with E-state index in [4.69, 9.17) is 15.2 Å². The number of carbonyl (C=O) groups excluding carboxylic acids is 6. The first-order valence-electron chi connectivity index (χ1n) is 18.8. The van der Waals surface area contributed by atoms with Gasteiger partial charge in [0, 0.05) is 76.8 Å². The Hall–Kier alpha value is -5.46. The van der Waals surface area contributed by atoms with Crippen LogP contribution in [0.5, 0.6) is 0 Å². The Labute approximate surface area is 325 Å². The summed E-state index contributed by atoms with van der Waals surface area (Å²) in [5, 5.41) is 15.1.